The van der Waals surface area contributed by atoms with Gasteiger partial charge in [-0.1, -0.05) is 48.5 Å². The molecule has 4 heterocycles. The van der Waals surface area contributed by atoms with Gasteiger partial charge in [0.05, 0.1) is 13.1 Å². The van der Waals surface area contributed by atoms with Crippen molar-refractivity contribution in [2.45, 2.75) is 25.9 Å². The summed E-state index contributed by atoms with van der Waals surface area (Å²) in [6.07, 6.45) is -2.25. The van der Waals surface area contributed by atoms with Crippen LogP contribution in [0, 0.1) is 5.92 Å². The molecule has 14 heteroatoms. The van der Waals surface area contributed by atoms with E-state index >= 15 is 0 Å². The molecule has 0 spiro atoms. The standard InChI is InChI=1S/C28H25F3N6O4.ClH/c1-34-24-23(25(39)37(27(34)40)16-21(38)17-7-3-2-4-8-17)36(15-19-9-5-6-10-22(19)41-28(29,30)31)26(33-24)35-12-11-18-13-32-14-20(18)35;/h2-10,14,18,32H,11-13,15-16H2,1H3;1H. The minimum Gasteiger partial charge on any atom is -0.405 e. The lowest BCUT2D eigenvalue weighted by Gasteiger charge is -2.21. The van der Waals surface area contributed by atoms with Crippen molar-refractivity contribution in [2.24, 2.45) is 13.0 Å². The number of benzene rings is 2. The number of hydrogen-bond acceptors (Lipinski definition) is 7. The predicted molar refractivity (Wildman–Crippen MR) is 151 cm³/mol. The van der Waals surface area contributed by atoms with Crippen LogP contribution in [-0.2, 0) is 20.1 Å². The van der Waals surface area contributed by atoms with E-state index in [2.05, 4.69) is 15.0 Å². The molecule has 220 valence electrons. The largest absolute Gasteiger partial charge is 0.573 e. The van der Waals surface area contributed by atoms with Crippen molar-refractivity contribution in [3.63, 3.8) is 0 Å². The number of aromatic nitrogens is 4. The quantitative estimate of drug-likeness (QED) is 0.323. The summed E-state index contributed by atoms with van der Waals surface area (Å²) < 4.78 is 47.4. The van der Waals surface area contributed by atoms with Gasteiger partial charge in [0.15, 0.2) is 16.9 Å². The Labute approximate surface area is 243 Å². The number of carbonyl (C=O) groups excluding carboxylic acids is 1. The maximum Gasteiger partial charge on any atom is 0.573 e. The number of anilines is 1. The molecule has 1 fully saturated rings. The van der Waals surface area contributed by atoms with Crippen LogP contribution in [0.1, 0.15) is 22.3 Å². The average Bonchev–Trinajstić information content (AvgIpc) is 3.66. The first-order chi connectivity index (χ1) is 19.6. The van der Waals surface area contributed by atoms with Crippen LogP contribution in [0.4, 0.5) is 19.1 Å². The van der Waals surface area contributed by atoms with Gasteiger partial charge in [0, 0.05) is 49.1 Å². The van der Waals surface area contributed by atoms with E-state index in [1.54, 1.807) is 36.4 Å². The van der Waals surface area contributed by atoms with Gasteiger partial charge >= 0.3 is 12.1 Å². The number of carbonyl (C=O) groups is 1. The molecule has 42 heavy (non-hydrogen) atoms. The van der Waals surface area contributed by atoms with Crippen molar-refractivity contribution in [3.05, 3.63) is 98.5 Å². The van der Waals surface area contributed by atoms with Gasteiger partial charge in [-0.05, 0) is 12.5 Å². The van der Waals surface area contributed by atoms with Crippen LogP contribution in [0.2, 0.25) is 0 Å². The summed E-state index contributed by atoms with van der Waals surface area (Å²) in [5.74, 6) is -0.339. The van der Waals surface area contributed by atoms with Crippen molar-refractivity contribution < 1.29 is 22.7 Å². The molecule has 0 amide bonds. The highest BCUT2D eigenvalue weighted by Crippen LogP contribution is 2.36. The van der Waals surface area contributed by atoms with Crippen LogP contribution < -0.4 is 26.2 Å². The van der Waals surface area contributed by atoms with Crippen LogP contribution in [0.25, 0.3) is 11.2 Å². The van der Waals surface area contributed by atoms with Gasteiger partial charge in [0.1, 0.15) is 5.75 Å². The first kappa shape index (κ1) is 29.0. The van der Waals surface area contributed by atoms with Gasteiger partial charge in [-0.15, -0.1) is 25.6 Å². The number of nitrogens with zero attached hydrogens (tertiary/aromatic N) is 5. The summed E-state index contributed by atoms with van der Waals surface area (Å²) in [4.78, 5) is 46.8. The van der Waals surface area contributed by atoms with Gasteiger partial charge in [-0.3, -0.25) is 23.3 Å². The molecule has 6 rings (SSSR count). The molecule has 1 N–H and O–H groups in total. The molecule has 1 atom stereocenters. The highest BCUT2D eigenvalue weighted by molar-refractivity contribution is 5.96. The fourth-order valence-corrected chi connectivity index (χ4v) is 5.45. The lowest BCUT2D eigenvalue weighted by atomic mass is 10.1. The minimum atomic E-state index is -4.92. The molecule has 1 saturated heterocycles. The van der Waals surface area contributed by atoms with E-state index in [4.69, 9.17) is 0 Å². The van der Waals surface area contributed by atoms with Crippen LogP contribution in [0.5, 0.6) is 5.75 Å². The topological polar surface area (TPSA) is 103 Å². The summed E-state index contributed by atoms with van der Waals surface area (Å²) >= 11 is 0. The highest BCUT2D eigenvalue weighted by Gasteiger charge is 2.36. The smallest absolute Gasteiger partial charge is 0.405 e. The molecule has 0 radical (unpaired) electrons. The number of aryl methyl sites for hydroxylation is 1. The SMILES string of the molecule is Cl.Cn1c(=O)n(CC(=O)c2ccccc2)c(=O)c2c1nc(N1CCC3CNC=C31)n2Cc1ccccc1OC(F)(F)F. The molecule has 4 aromatic rings. The zero-order chi connectivity index (χ0) is 28.9. The van der Waals surface area contributed by atoms with Crippen molar-refractivity contribution in [1.82, 2.24) is 24.0 Å². The lowest BCUT2D eigenvalue weighted by molar-refractivity contribution is -0.274. The van der Waals surface area contributed by atoms with Gasteiger partial charge in [0.2, 0.25) is 5.95 Å². The predicted octanol–water partition coefficient (Wildman–Crippen LogP) is 3.42. The van der Waals surface area contributed by atoms with E-state index < -0.39 is 35.7 Å². The molecule has 0 saturated carbocycles. The van der Waals surface area contributed by atoms with Crippen molar-refractivity contribution in [1.29, 1.82) is 0 Å². The number of rotatable bonds is 7. The number of halogens is 4. The van der Waals surface area contributed by atoms with Gasteiger partial charge in [0.25, 0.3) is 5.56 Å². The monoisotopic (exact) mass is 602 g/mol. The molecular weight excluding hydrogens is 577 g/mol. The number of imidazole rings is 1. The third-order valence-electron chi connectivity index (χ3n) is 7.42. The van der Waals surface area contributed by atoms with E-state index in [0.717, 1.165) is 23.2 Å². The number of ether oxygens (including phenoxy) is 1. The Hall–Kier alpha value is -4.52. The first-order valence-corrected chi connectivity index (χ1v) is 13.0. The number of ketones is 1. The van der Waals surface area contributed by atoms with E-state index in [9.17, 15) is 27.6 Å². The Bertz CT molecular complexity index is 1810. The molecule has 2 aromatic heterocycles. The Morgan fingerprint density at radius 1 is 1.07 bits per heavy atom. The Morgan fingerprint density at radius 3 is 2.52 bits per heavy atom. The highest BCUT2D eigenvalue weighted by atomic mass is 35.5. The molecule has 2 aliphatic heterocycles. The summed E-state index contributed by atoms with van der Waals surface area (Å²) in [7, 11) is 1.44. The zero-order valence-corrected chi connectivity index (χ0v) is 23.1. The van der Waals surface area contributed by atoms with E-state index in [1.807, 2.05) is 11.1 Å². The van der Waals surface area contributed by atoms with Crippen LogP contribution in [0.3, 0.4) is 0 Å². The van der Waals surface area contributed by atoms with Gasteiger partial charge in [-0.2, -0.15) is 4.98 Å². The summed E-state index contributed by atoms with van der Waals surface area (Å²) in [6, 6.07) is 13.9. The number of fused-ring (bicyclic) bond motifs is 2. The number of nitrogens with one attached hydrogen (secondary N) is 1. The molecule has 1 unspecified atom stereocenters. The lowest BCUT2D eigenvalue weighted by Crippen LogP contribution is -2.41. The number of hydrogen-bond donors (Lipinski definition) is 1. The van der Waals surface area contributed by atoms with Crippen LogP contribution in [0.15, 0.2) is 76.1 Å². The fraction of sp³-hybridized carbons (Fsp3) is 0.286. The average molecular weight is 603 g/mol. The van der Waals surface area contributed by atoms with Gasteiger partial charge < -0.3 is 15.0 Å². The van der Waals surface area contributed by atoms with Crippen LogP contribution in [-0.4, -0.2) is 43.9 Å². The third-order valence-corrected chi connectivity index (χ3v) is 7.42. The summed E-state index contributed by atoms with van der Waals surface area (Å²) in [5, 5.41) is 3.20. The molecule has 0 aliphatic carbocycles. The van der Waals surface area contributed by atoms with Crippen molar-refractivity contribution in [2.75, 3.05) is 18.0 Å². The van der Waals surface area contributed by atoms with Crippen molar-refractivity contribution in [3.8, 4) is 5.75 Å². The normalized spacial score (nSPS) is 16.1. The van der Waals surface area contributed by atoms with Crippen molar-refractivity contribution >= 4 is 35.3 Å². The fourth-order valence-electron chi connectivity index (χ4n) is 5.45. The first-order valence-electron chi connectivity index (χ1n) is 13.0. The minimum absolute atomic E-state index is 0. The number of Topliss-reactive ketones (excluding diaryl/α,β-unsaturated/α-hetero) is 1. The number of alkyl halides is 3. The maximum absolute atomic E-state index is 13.9. The molecule has 10 nitrogen and oxygen atoms in total. The maximum atomic E-state index is 13.9. The molecule has 2 aliphatic rings. The third kappa shape index (κ3) is 5.15. The Balaban J connectivity index is 0.00000353. The van der Waals surface area contributed by atoms with E-state index in [-0.39, 0.29) is 41.6 Å². The van der Waals surface area contributed by atoms with Crippen LogP contribution >= 0.6 is 12.4 Å². The Kier molecular flexibility index (Phi) is 7.62. The van der Waals surface area contributed by atoms with E-state index in [0.29, 0.717) is 18.1 Å². The summed E-state index contributed by atoms with van der Waals surface area (Å²) in [5.41, 5.74) is -0.0367. The van der Waals surface area contributed by atoms with E-state index in [1.165, 1.54) is 34.4 Å². The zero-order valence-electron chi connectivity index (χ0n) is 22.3. The molecule has 0 bridgehead atoms. The second-order valence-corrected chi connectivity index (χ2v) is 9.96. The van der Waals surface area contributed by atoms with Gasteiger partial charge in [-0.25, -0.2) is 4.79 Å². The summed E-state index contributed by atoms with van der Waals surface area (Å²) in [6.45, 7) is 0.582. The molecular formula is C28H26ClF3N6O4. The Morgan fingerprint density at radius 2 is 1.79 bits per heavy atom. The number of para-hydroxylation sites is 1. The second-order valence-electron chi connectivity index (χ2n) is 9.96. The molecule has 2 aromatic carbocycles. The second kappa shape index (κ2) is 11.0.